The van der Waals surface area contributed by atoms with Crippen molar-refractivity contribution in [2.75, 3.05) is 13.1 Å². The molecular weight excluding hydrogens is 177 g/mol. The molecule has 0 aromatic heterocycles. The average Bonchev–Trinajstić information content (AvgIpc) is 1.72. The van der Waals surface area contributed by atoms with Gasteiger partial charge in [0.15, 0.2) is 0 Å². The Morgan fingerprint density at radius 1 is 1.15 bits per heavy atom. The second kappa shape index (κ2) is 2.49. The van der Waals surface area contributed by atoms with Crippen LogP contribution < -0.4 is 0 Å². The van der Waals surface area contributed by atoms with E-state index in [0.29, 0.717) is 16.1 Å². The van der Waals surface area contributed by atoms with Crippen molar-refractivity contribution in [1.82, 2.24) is 4.90 Å². The van der Waals surface area contributed by atoms with Crippen LogP contribution in [0.1, 0.15) is 40.5 Å². The Morgan fingerprint density at radius 2 is 1.62 bits per heavy atom. The van der Waals surface area contributed by atoms with Gasteiger partial charge in [0.1, 0.15) is 0 Å². The van der Waals surface area contributed by atoms with Crippen molar-refractivity contribution in [3.63, 3.8) is 0 Å². The van der Waals surface area contributed by atoms with Crippen LogP contribution in [0.2, 0.25) is 0 Å². The third-order valence-electron chi connectivity index (χ3n) is 3.56. The second-order valence-electron chi connectivity index (χ2n) is 6.53. The highest BCUT2D eigenvalue weighted by atomic mass is 31.0. The highest BCUT2D eigenvalue weighted by Crippen LogP contribution is 2.58. The van der Waals surface area contributed by atoms with Crippen LogP contribution in [0.4, 0.5) is 0 Å². The van der Waals surface area contributed by atoms with Crippen LogP contribution in [0.5, 0.6) is 0 Å². The number of likely N-dealkylation sites (tertiary alicyclic amines) is 1. The summed E-state index contributed by atoms with van der Waals surface area (Å²) >= 11 is 0. The Morgan fingerprint density at radius 3 is 1.92 bits per heavy atom. The first kappa shape index (κ1) is 9.93. The van der Waals surface area contributed by atoms with Crippen LogP contribution in [-0.2, 0) is 0 Å². The van der Waals surface area contributed by atoms with Crippen LogP contribution in [0, 0.1) is 5.41 Å². The van der Waals surface area contributed by atoms with Gasteiger partial charge in [-0.25, -0.2) is 0 Å². The minimum atomic E-state index is 0.387. The molecule has 1 spiro atoms. The molecule has 13 heavy (non-hydrogen) atoms. The zero-order valence-electron chi connectivity index (χ0n) is 9.35. The summed E-state index contributed by atoms with van der Waals surface area (Å²) in [6, 6.07) is 0. The molecule has 1 saturated carbocycles. The quantitative estimate of drug-likeness (QED) is 0.542. The topological polar surface area (TPSA) is 3.24 Å². The van der Waals surface area contributed by atoms with E-state index < -0.39 is 0 Å². The zero-order valence-corrected chi connectivity index (χ0v) is 10.5. The fourth-order valence-electron chi connectivity index (χ4n) is 3.12. The van der Waals surface area contributed by atoms with Gasteiger partial charge >= 0.3 is 0 Å². The Balaban J connectivity index is 1.87. The molecule has 1 heterocycles. The normalized spacial score (nSPS) is 31.2. The summed E-state index contributed by atoms with van der Waals surface area (Å²) in [4.78, 5) is 2.60. The number of hydrogen-bond donors (Lipinski definition) is 0. The van der Waals surface area contributed by atoms with Crippen molar-refractivity contribution in [2.45, 2.75) is 51.2 Å². The Labute approximate surface area is 84.5 Å². The van der Waals surface area contributed by atoms with Crippen molar-refractivity contribution < 1.29 is 0 Å². The zero-order chi connectivity index (χ0) is 9.91. The molecular formula is C11H22NP. The van der Waals surface area contributed by atoms with Gasteiger partial charge in [-0.15, -0.1) is 9.24 Å². The summed E-state index contributed by atoms with van der Waals surface area (Å²) in [5.41, 5.74) is 1.10. The monoisotopic (exact) mass is 199 g/mol. The number of hydrogen-bond acceptors (Lipinski definition) is 1. The molecule has 0 radical (unpaired) electrons. The van der Waals surface area contributed by atoms with Gasteiger partial charge in [-0.2, -0.15) is 0 Å². The molecule has 76 valence electrons. The Bertz CT molecular complexity index is 211. The van der Waals surface area contributed by atoms with Gasteiger partial charge < -0.3 is 0 Å². The molecule has 1 unspecified atom stereocenters. The first-order chi connectivity index (χ1) is 5.73. The maximum absolute atomic E-state index is 3.01. The predicted molar refractivity (Wildman–Crippen MR) is 61.1 cm³/mol. The smallest absolute Gasteiger partial charge is 0.0125 e. The third kappa shape index (κ3) is 1.66. The van der Waals surface area contributed by atoms with Crippen LogP contribution in [0.3, 0.4) is 0 Å². The molecule has 0 bridgehead atoms. The molecule has 1 atom stereocenters. The van der Waals surface area contributed by atoms with Gasteiger partial charge in [-0.1, -0.05) is 6.92 Å². The van der Waals surface area contributed by atoms with Gasteiger partial charge in [0.2, 0.25) is 0 Å². The van der Waals surface area contributed by atoms with Crippen molar-refractivity contribution in [3.05, 3.63) is 0 Å². The first-order valence-electron chi connectivity index (χ1n) is 5.27. The van der Waals surface area contributed by atoms with E-state index in [9.17, 15) is 0 Å². The molecule has 0 amide bonds. The molecule has 1 nitrogen and oxygen atoms in total. The summed E-state index contributed by atoms with van der Waals surface area (Å²) in [5.74, 6) is 0. The van der Waals surface area contributed by atoms with E-state index in [1.165, 1.54) is 25.9 Å². The first-order valence-corrected chi connectivity index (χ1v) is 5.84. The molecule has 2 rings (SSSR count). The van der Waals surface area contributed by atoms with Crippen molar-refractivity contribution in [3.8, 4) is 0 Å². The van der Waals surface area contributed by atoms with E-state index in [1.54, 1.807) is 0 Å². The summed E-state index contributed by atoms with van der Waals surface area (Å²) in [5, 5.41) is 0.559. The summed E-state index contributed by atoms with van der Waals surface area (Å²) < 4.78 is 0. The van der Waals surface area contributed by atoms with Crippen LogP contribution >= 0.6 is 9.24 Å². The molecule has 1 aliphatic heterocycles. The van der Waals surface area contributed by atoms with Crippen LogP contribution in [-0.4, -0.2) is 28.7 Å². The third-order valence-corrected chi connectivity index (χ3v) is 3.97. The summed E-state index contributed by atoms with van der Waals surface area (Å²) in [6.07, 6.45) is 2.83. The second-order valence-corrected chi connectivity index (χ2v) is 7.93. The summed E-state index contributed by atoms with van der Waals surface area (Å²) in [7, 11) is 3.01. The predicted octanol–water partition coefficient (Wildman–Crippen LogP) is 2.51. The van der Waals surface area contributed by atoms with Crippen molar-refractivity contribution >= 4 is 9.24 Å². The molecule has 0 aromatic rings. The lowest BCUT2D eigenvalue weighted by Crippen LogP contribution is -2.69. The van der Waals surface area contributed by atoms with E-state index in [1.807, 2.05) is 0 Å². The fourth-order valence-corrected chi connectivity index (χ4v) is 3.99. The maximum Gasteiger partial charge on any atom is 0.0125 e. The van der Waals surface area contributed by atoms with Gasteiger partial charge in [0, 0.05) is 18.6 Å². The molecule has 1 aliphatic carbocycles. The maximum atomic E-state index is 3.01. The van der Waals surface area contributed by atoms with Gasteiger partial charge in [0.05, 0.1) is 0 Å². The van der Waals surface area contributed by atoms with Crippen molar-refractivity contribution in [2.24, 2.45) is 5.41 Å². The Hall–Kier alpha value is 0.390. The van der Waals surface area contributed by atoms with E-state index in [2.05, 4.69) is 41.8 Å². The summed E-state index contributed by atoms with van der Waals surface area (Å²) in [6.45, 7) is 12.0. The largest absolute Gasteiger partial charge is 0.297 e. The fraction of sp³-hybridized carbons (Fsp3) is 1.00. The van der Waals surface area contributed by atoms with Gasteiger partial charge in [0.25, 0.3) is 0 Å². The van der Waals surface area contributed by atoms with Gasteiger partial charge in [-0.3, -0.25) is 4.90 Å². The lowest BCUT2D eigenvalue weighted by molar-refractivity contribution is -0.117. The highest BCUT2D eigenvalue weighted by Gasteiger charge is 2.57. The number of nitrogens with zero attached hydrogens (tertiary/aromatic N) is 1. The lowest BCUT2D eigenvalue weighted by atomic mass is 9.57. The minimum Gasteiger partial charge on any atom is -0.297 e. The highest BCUT2D eigenvalue weighted by molar-refractivity contribution is 7.19. The Kier molecular flexibility index (Phi) is 1.90. The molecule has 0 N–H and O–H groups in total. The van der Waals surface area contributed by atoms with Crippen molar-refractivity contribution in [1.29, 1.82) is 0 Å². The molecule has 1 saturated heterocycles. The van der Waals surface area contributed by atoms with Crippen LogP contribution in [0.15, 0.2) is 0 Å². The molecule has 2 heteroatoms. The van der Waals surface area contributed by atoms with Gasteiger partial charge in [-0.05, 0) is 44.2 Å². The van der Waals surface area contributed by atoms with E-state index >= 15 is 0 Å². The number of rotatable bonds is 0. The minimum absolute atomic E-state index is 0.387. The van der Waals surface area contributed by atoms with Crippen LogP contribution in [0.25, 0.3) is 0 Å². The standard InChI is InChI=1S/C11H22NP/c1-9(2,3)12-7-11(8-12)5-10(4,13)6-11/h5-8,13H2,1-4H3. The van der Waals surface area contributed by atoms with E-state index in [4.69, 9.17) is 0 Å². The SMILES string of the molecule is CC1(P)CC2(CN(C(C)(C)C)C2)C1. The molecule has 2 aliphatic rings. The molecule has 0 aromatic carbocycles. The van der Waals surface area contributed by atoms with E-state index in [-0.39, 0.29) is 0 Å². The lowest BCUT2D eigenvalue weighted by Gasteiger charge is -2.65. The average molecular weight is 199 g/mol. The van der Waals surface area contributed by atoms with E-state index in [0.717, 1.165) is 0 Å². The molecule has 2 fully saturated rings.